The number of rotatable bonds is 7. The smallest absolute Gasteiger partial charge is 0.278 e. The van der Waals surface area contributed by atoms with Crippen LogP contribution in [0.4, 0.5) is 5.69 Å². The molecule has 1 aliphatic carbocycles. The molecule has 1 aliphatic rings. The van der Waals surface area contributed by atoms with Crippen molar-refractivity contribution in [2.24, 2.45) is 0 Å². The lowest BCUT2D eigenvalue weighted by Gasteiger charge is -2.12. The first-order valence-corrected chi connectivity index (χ1v) is 7.51. The quantitative estimate of drug-likeness (QED) is 0.475. The molecule has 0 radical (unpaired) electrons. The van der Waals surface area contributed by atoms with E-state index in [4.69, 9.17) is 4.74 Å². The Labute approximate surface area is 125 Å². The van der Waals surface area contributed by atoms with Crippen molar-refractivity contribution in [2.45, 2.75) is 52.2 Å². The van der Waals surface area contributed by atoms with Crippen LogP contribution in [0.3, 0.4) is 0 Å². The number of aromatic nitrogens is 1. The van der Waals surface area contributed by atoms with Crippen molar-refractivity contribution in [1.82, 2.24) is 10.3 Å². The molecular weight excluding hydrogens is 270 g/mol. The second-order valence-electron chi connectivity index (χ2n) is 5.57. The predicted octanol–water partition coefficient (Wildman–Crippen LogP) is 2.66. The van der Waals surface area contributed by atoms with Crippen molar-refractivity contribution in [3.05, 3.63) is 33.1 Å². The maximum atomic E-state index is 11.1. The zero-order valence-corrected chi connectivity index (χ0v) is 12.7. The van der Waals surface area contributed by atoms with E-state index in [1.165, 1.54) is 25.7 Å². The molecule has 0 aromatic carbocycles. The Balaban J connectivity index is 1.80. The highest BCUT2D eigenvalue weighted by atomic mass is 16.6. The fraction of sp³-hybridized carbons (Fsp3) is 0.667. The first-order chi connectivity index (χ1) is 10.1. The second-order valence-corrected chi connectivity index (χ2v) is 5.57. The number of nitro groups is 1. The van der Waals surface area contributed by atoms with Gasteiger partial charge in [0.2, 0.25) is 0 Å². The Bertz CT molecular complexity index is 499. The topological polar surface area (TPSA) is 77.3 Å². The van der Waals surface area contributed by atoms with Crippen LogP contribution >= 0.6 is 0 Å². The lowest BCUT2D eigenvalue weighted by molar-refractivity contribution is -0.386. The summed E-state index contributed by atoms with van der Waals surface area (Å²) in [6, 6.07) is 0. The van der Waals surface area contributed by atoms with Gasteiger partial charge in [-0.05, 0) is 26.7 Å². The largest absolute Gasteiger partial charge is 0.377 e. The van der Waals surface area contributed by atoms with Crippen molar-refractivity contribution < 1.29 is 9.66 Å². The summed E-state index contributed by atoms with van der Waals surface area (Å²) in [7, 11) is 0. The maximum absolute atomic E-state index is 11.1. The monoisotopic (exact) mass is 293 g/mol. The van der Waals surface area contributed by atoms with E-state index in [0.29, 0.717) is 30.4 Å². The summed E-state index contributed by atoms with van der Waals surface area (Å²) < 4.78 is 5.76. The molecule has 0 unspecified atom stereocenters. The molecule has 6 nitrogen and oxygen atoms in total. The van der Waals surface area contributed by atoms with Crippen LogP contribution in [0.2, 0.25) is 0 Å². The molecule has 2 rings (SSSR count). The summed E-state index contributed by atoms with van der Waals surface area (Å²) in [5.74, 6) is 0. The third kappa shape index (κ3) is 4.22. The molecule has 6 heteroatoms. The van der Waals surface area contributed by atoms with E-state index < -0.39 is 0 Å². The SMILES string of the molecule is Cc1cnc(CNCCOC2CCCC2)c(C)c1[N+](=O)[O-]. The summed E-state index contributed by atoms with van der Waals surface area (Å²) in [6.07, 6.45) is 6.88. The van der Waals surface area contributed by atoms with Gasteiger partial charge in [0.05, 0.1) is 23.3 Å². The van der Waals surface area contributed by atoms with Crippen LogP contribution in [0.25, 0.3) is 0 Å². The van der Waals surface area contributed by atoms with Gasteiger partial charge in [-0.3, -0.25) is 15.1 Å². The summed E-state index contributed by atoms with van der Waals surface area (Å²) in [5, 5.41) is 14.3. The van der Waals surface area contributed by atoms with Crippen molar-refractivity contribution >= 4 is 5.69 Å². The van der Waals surface area contributed by atoms with E-state index in [9.17, 15) is 10.1 Å². The van der Waals surface area contributed by atoms with Gasteiger partial charge >= 0.3 is 0 Å². The minimum Gasteiger partial charge on any atom is -0.377 e. The standard InChI is InChI=1S/C15H23N3O3/c1-11-9-17-14(12(2)15(11)18(19)20)10-16-7-8-21-13-5-3-4-6-13/h9,13,16H,3-8,10H2,1-2H3. The number of pyridine rings is 1. The van der Waals surface area contributed by atoms with Gasteiger partial charge in [0.25, 0.3) is 5.69 Å². The minimum absolute atomic E-state index is 0.170. The summed E-state index contributed by atoms with van der Waals surface area (Å²) >= 11 is 0. The van der Waals surface area contributed by atoms with Gasteiger partial charge in [-0.25, -0.2) is 0 Å². The fourth-order valence-corrected chi connectivity index (χ4v) is 2.78. The summed E-state index contributed by atoms with van der Waals surface area (Å²) in [4.78, 5) is 15.0. The Morgan fingerprint density at radius 2 is 2.14 bits per heavy atom. The lowest BCUT2D eigenvalue weighted by Crippen LogP contribution is -2.23. The van der Waals surface area contributed by atoms with Gasteiger partial charge < -0.3 is 10.1 Å². The first kappa shape index (κ1) is 15.9. The molecule has 1 fully saturated rings. The van der Waals surface area contributed by atoms with Gasteiger partial charge in [0.1, 0.15) is 0 Å². The van der Waals surface area contributed by atoms with Crippen molar-refractivity contribution in [2.75, 3.05) is 13.2 Å². The molecule has 0 spiro atoms. The second kappa shape index (κ2) is 7.47. The third-order valence-electron chi connectivity index (χ3n) is 3.99. The van der Waals surface area contributed by atoms with E-state index in [2.05, 4.69) is 10.3 Å². The molecule has 116 valence electrons. The van der Waals surface area contributed by atoms with Crippen LogP contribution in [-0.4, -0.2) is 29.2 Å². The van der Waals surface area contributed by atoms with E-state index in [-0.39, 0.29) is 10.6 Å². The number of hydrogen-bond donors (Lipinski definition) is 1. The van der Waals surface area contributed by atoms with Crippen molar-refractivity contribution in [3.8, 4) is 0 Å². The number of nitrogens with zero attached hydrogens (tertiary/aromatic N) is 2. The van der Waals surface area contributed by atoms with E-state index in [0.717, 1.165) is 12.2 Å². The number of aryl methyl sites for hydroxylation is 1. The Morgan fingerprint density at radius 3 is 2.81 bits per heavy atom. The fourth-order valence-electron chi connectivity index (χ4n) is 2.78. The molecule has 1 N–H and O–H groups in total. The molecule has 0 atom stereocenters. The van der Waals surface area contributed by atoms with E-state index in [1.807, 2.05) is 0 Å². The summed E-state index contributed by atoms with van der Waals surface area (Å²) in [6.45, 7) is 5.41. The van der Waals surface area contributed by atoms with E-state index >= 15 is 0 Å². The van der Waals surface area contributed by atoms with Crippen LogP contribution in [0.15, 0.2) is 6.20 Å². The molecule has 0 amide bonds. The van der Waals surface area contributed by atoms with Gasteiger partial charge in [-0.15, -0.1) is 0 Å². The van der Waals surface area contributed by atoms with Crippen LogP contribution in [-0.2, 0) is 11.3 Å². The normalized spacial score (nSPS) is 15.5. The minimum atomic E-state index is -0.334. The maximum Gasteiger partial charge on any atom is 0.278 e. The molecule has 1 heterocycles. The zero-order valence-electron chi connectivity index (χ0n) is 12.7. The molecule has 1 saturated carbocycles. The highest BCUT2D eigenvalue weighted by Gasteiger charge is 2.18. The molecule has 21 heavy (non-hydrogen) atoms. The van der Waals surface area contributed by atoms with Gasteiger partial charge in [-0.1, -0.05) is 12.8 Å². The molecular formula is C15H23N3O3. The zero-order chi connectivity index (χ0) is 15.2. The third-order valence-corrected chi connectivity index (χ3v) is 3.99. The molecule has 0 bridgehead atoms. The Kier molecular flexibility index (Phi) is 5.64. The van der Waals surface area contributed by atoms with Crippen LogP contribution in [0.5, 0.6) is 0 Å². The molecule has 0 aliphatic heterocycles. The van der Waals surface area contributed by atoms with Crippen LogP contribution < -0.4 is 5.32 Å². The molecule has 0 saturated heterocycles. The average Bonchev–Trinajstić information content (AvgIpc) is 2.93. The van der Waals surface area contributed by atoms with Crippen LogP contribution in [0.1, 0.15) is 42.5 Å². The number of hydrogen-bond acceptors (Lipinski definition) is 5. The molecule has 1 aromatic heterocycles. The van der Waals surface area contributed by atoms with Crippen molar-refractivity contribution in [3.63, 3.8) is 0 Å². The highest BCUT2D eigenvalue weighted by Crippen LogP contribution is 2.24. The Hall–Kier alpha value is -1.53. The van der Waals surface area contributed by atoms with Crippen molar-refractivity contribution in [1.29, 1.82) is 0 Å². The van der Waals surface area contributed by atoms with Gasteiger partial charge in [-0.2, -0.15) is 0 Å². The predicted molar refractivity (Wildman–Crippen MR) is 80.3 cm³/mol. The van der Waals surface area contributed by atoms with E-state index in [1.54, 1.807) is 20.0 Å². The van der Waals surface area contributed by atoms with Gasteiger partial charge in [0.15, 0.2) is 0 Å². The Morgan fingerprint density at radius 1 is 1.43 bits per heavy atom. The summed E-state index contributed by atoms with van der Waals surface area (Å²) in [5.41, 5.74) is 2.15. The first-order valence-electron chi connectivity index (χ1n) is 7.51. The number of nitrogens with one attached hydrogen (secondary N) is 1. The number of ether oxygens (including phenoxy) is 1. The lowest BCUT2D eigenvalue weighted by atomic mass is 10.1. The van der Waals surface area contributed by atoms with Crippen LogP contribution in [0, 0.1) is 24.0 Å². The highest BCUT2D eigenvalue weighted by molar-refractivity contribution is 5.47. The molecule has 1 aromatic rings. The van der Waals surface area contributed by atoms with Gasteiger partial charge in [0, 0.05) is 30.4 Å². The average molecular weight is 293 g/mol.